The Hall–Kier alpha value is -2.28. The molecule has 28 heavy (non-hydrogen) atoms. The third-order valence-corrected chi connectivity index (χ3v) is 5.94. The molecule has 0 N–H and O–H groups in total. The Labute approximate surface area is 165 Å². The van der Waals surface area contributed by atoms with E-state index < -0.39 is 0 Å². The van der Waals surface area contributed by atoms with E-state index >= 15 is 0 Å². The standard InChI is InChI=1S/C21H28FN5O/c1-25-20-8-12-26(14-16-7-9-23-13-18(16)22)15-17(20)19(24-25)5-6-21(28)27-10-3-2-4-11-27/h7,9,13H,2-6,8,10-12,14-15H2,1H3. The van der Waals surface area contributed by atoms with Gasteiger partial charge in [0, 0.05) is 82.1 Å². The van der Waals surface area contributed by atoms with Crippen molar-refractivity contribution in [2.24, 2.45) is 7.05 Å². The quantitative estimate of drug-likeness (QED) is 0.793. The van der Waals surface area contributed by atoms with E-state index in [4.69, 9.17) is 5.10 Å². The first-order valence-corrected chi connectivity index (χ1v) is 10.2. The molecule has 0 saturated carbocycles. The summed E-state index contributed by atoms with van der Waals surface area (Å²) in [6, 6.07) is 1.74. The summed E-state index contributed by atoms with van der Waals surface area (Å²) >= 11 is 0. The van der Waals surface area contributed by atoms with E-state index in [9.17, 15) is 9.18 Å². The van der Waals surface area contributed by atoms with Gasteiger partial charge in [0.05, 0.1) is 11.9 Å². The van der Waals surface area contributed by atoms with Gasteiger partial charge in [0.1, 0.15) is 5.82 Å². The lowest BCUT2D eigenvalue weighted by Gasteiger charge is -2.28. The maximum Gasteiger partial charge on any atom is 0.222 e. The zero-order valence-corrected chi connectivity index (χ0v) is 16.5. The van der Waals surface area contributed by atoms with Crippen molar-refractivity contribution in [2.45, 2.75) is 51.6 Å². The molecule has 1 saturated heterocycles. The van der Waals surface area contributed by atoms with Crippen LogP contribution in [0.1, 0.15) is 48.2 Å². The fraction of sp³-hybridized carbons (Fsp3) is 0.571. The summed E-state index contributed by atoms with van der Waals surface area (Å²) in [6.45, 7) is 3.97. The Kier molecular flexibility index (Phi) is 5.71. The molecule has 2 aromatic heterocycles. The number of fused-ring (bicyclic) bond motifs is 1. The second-order valence-electron chi connectivity index (χ2n) is 7.86. The molecule has 1 fully saturated rings. The number of hydrogen-bond donors (Lipinski definition) is 0. The van der Waals surface area contributed by atoms with Gasteiger partial charge in [-0.2, -0.15) is 5.10 Å². The van der Waals surface area contributed by atoms with Crippen LogP contribution in [0.3, 0.4) is 0 Å². The van der Waals surface area contributed by atoms with Crippen molar-refractivity contribution in [3.63, 3.8) is 0 Å². The lowest BCUT2D eigenvalue weighted by molar-refractivity contribution is -0.132. The Morgan fingerprint density at radius 1 is 1.21 bits per heavy atom. The summed E-state index contributed by atoms with van der Waals surface area (Å²) < 4.78 is 15.9. The van der Waals surface area contributed by atoms with E-state index in [1.165, 1.54) is 23.9 Å². The van der Waals surface area contributed by atoms with E-state index in [0.717, 1.165) is 51.1 Å². The van der Waals surface area contributed by atoms with Crippen molar-refractivity contribution in [3.8, 4) is 0 Å². The second kappa shape index (κ2) is 8.39. The van der Waals surface area contributed by atoms with Gasteiger partial charge in [-0.3, -0.25) is 19.4 Å². The lowest BCUT2D eigenvalue weighted by Crippen LogP contribution is -2.35. The highest BCUT2D eigenvalue weighted by Gasteiger charge is 2.25. The predicted molar refractivity (Wildman–Crippen MR) is 104 cm³/mol. The molecule has 4 heterocycles. The van der Waals surface area contributed by atoms with Crippen molar-refractivity contribution in [3.05, 3.63) is 46.8 Å². The Morgan fingerprint density at radius 2 is 2.04 bits per heavy atom. The number of nitrogens with zero attached hydrogens (tertiary/aromatic N) is 5. The van der Waals surface area contributed by atoms with Gasteiger partial charge in [-0.25, -0.2) is 4.39 Å². The number of amides is 1. The maximum atomic E-state index is 14.0. The topological polar surface area (TPSA) is 54.3 Å². The number of likely N-dealkylation sites (tertiary alicyclic amines) is 1. The van der Waals surface area contributed by atoms with Gasteiger partial charge < -0.3 is 4.90 Å². The van der Waals surface area contributed by atoms with Gasteiger partial charge in [-0.05, 0) is 25.3 Å². The molecule has 0 aliphatic carbocycles. The summed E-state index contributed by atoms with van der Waals surface area (Å²) in [5.74, 6) is -0.0162. The molecule has 2 aliphatic heterocycles. The van der Waals surface area contributed by atoms with Crippen molar-refractivity contribution >= 4 is 5.91 Å². The average molecular weight is 385 g/mol. The van der Waals surface area contributed by atoms with E-state index in [1.807, 2.05) is 16.6 Å². The zero-order valence-electron chi connectivity index (χ0n) is 16.5. The Morgan fingerprint density at radius 3 is 2.82 bits per heavy atom. The SMILES string of the molecule is Cn1nc(CCC(=O)N2CCCCC2)c2c1CCN(Cc1ccncc1F)C2. The summed E-state index contributed by atoms with van der Waals surface area (Å²) in [4.78, 5) is 20.6. The molecule has 2 aliphatic rings. The third kappa shape index (κ3) is 4.09. The molecule has 0 unspecified atom stereocenters. The number of carbonyl (C=O) groups is 1. The largest absolute Gasteiger partial charge is 0.343 e. The van der Waals surface area contributed by atoms with Crippen molar-refractivity contribution in [1.82, 2.24) is 24.6 Å². The zero-order chi connectivity index (χ0) is 19.5. The molecule has 0 atom stereocenters. The molecule has 0 aromatic carbocycles. The normalized spacial score (nSPS) is 17.6. The lowest BCUT2D eigenvalue weighted by atomic mass is 10.0. The number of halogens is 1. The average Bonchev–Trinajstić information content (AvgIpc) is 3.04. The smallest absolute Gasteiger partial charge is 0.222 e. The number of aryl methyl sites for hydroxylation is 2. The number of piperidine rings is 1. The van der Waals surface area contributed by atoms with Gasteiger partial charge in [0.15, 0.2) is 0 Å². The summed E-state index contributed by atoms with van der Waals surface area (Å²) in [7, 11) is 1.98. The van der Waals surface area contributed by atoms with Crippen LogP contribution in [0.25, 0.3) is 0 Å². The van der Waals surface area contributed by atoms with Crippen LogP contribution in [-0.4, -0.2) is 50.1 Å². The molecule has 150 valence electrons. The molecule has 0 radical (unpaired) electrons. The second-order valence-corrected chi connectivity index (χ2v) is 7.86. The maximum absolute atomic E-state index is 14.0. The fourth-order valence-corrected chi connectivity index (χ4v) is 4.36. The van der Waals surface area contributed by atoms with Crippen molar-refractivity contribution < 1.29 is 9.18 Å². The van der Waals surface area contributed by atoms with Crippen LogP contribution in [0.2, 0.25) is 0 Å². The first kappa shape index (κ1) is 19.1. The first-order chi connectivity index (χ1) is 13.6. The molecule has 0 spiro atoms. The van der Waals surface area contributed by atoms with Crippen LogP contribution >= 0.6 is 0 Å². The molecule has 2 aromatic rings. The Bertz CT molecular complexity index is 843. The van der Waals surface area contributed by atoms with Gasteiger partial charge in [-0.1, -0.05) is 0 Å². The van der Waals surface area contributed by atoms with Crippen LogP contribution in [-0.2, 0) is 37.8 Å². The summed E-state index contributed by atoms with van der Waals surface area (Å²) in [5.41, 5.74) is 4.15. The van der Waals surface area contributed by atoms with Gasteiger partial charge >= 0.3 is 0 Å². The third-order valence-electron chi connectivity index (χ3n) is 5.94. The van der Waals surface area contributed by atoms with Gasteiger partial charge in [0.2, 0.25) is 5.91 Å². The number of carbonyl (C=O) groups excluding carboxylic acids is 1. The highest BCUT2D eigenvalue weighted by molar-refractivity contribution is 5.76. The molecule has 7 heteroatoms. The minimum Gasteiger partial charge on any atom is -0.343 e. The van der Waals surface area contributed by atoms with E-state index in [0.29, 0.717) is 24.9 Å². The highest BCUT2D eigenvalue weighted by atomic mass is 19.1. The predicted octanol–water partition coefficient (Wildman–Crippen LogP) is 2.46. The monoisotopic (exact) mass is 385 g/mol. The minimum absolute atomic E-state index is 0.241. The minimum atomic E-state index is -0.258. The molecule has 0 bridgehead atoms. The first-order valence-electron chi connectivity index (χ1n) is 10.2. The van der Waals surface area contributed by atoms with Crippen LogP contribution < -0.4 is 0 Å². The van der Waals surface area contributed by atoms with Crippen LogP contribution in [0.4, 0.5) is 4.39 Å². The molecule has 6 nitrogen and oxygen atoms in total. The molecule has 1 amide bonds. The molecular weight excluding hydrogens is 357 g/mol. The van der Waals surface area contributed by atoms with Crippen LogP contribution in [0.5, 0.6) is 0 Å². The number of pyridine rings is 1. The van der Waals surface area contributed by atoms with Crippen molar-refractivity contribution in [2.75, 3.05) is 19.6 Å². The van der Waals surface area contributed by atoms with E-state index in [2.05, 4.69) is 9.88 Å². The molecular formula is C21H28FN5O. The van der Waals surface area contributed by atoms with Crippen LogP contribution in [0, 0.1) is 5.82 Å². The Balaban J connectivity index is 1.42. The number of rotatable bonds is 5. The summed E-state index contributed by atoms with van der Waals surface area (Å²) in [5, 5.41) is 4.70. The fourth-order valence-electron chi connectivity index (χ4n) is 4.36. The summed E-state index contributed by atoms with van der Waals surface area (Å²) in [6.07, 6.45) is 8.45. The highest BCUT2D eigenvalue weighted by Crippen LogP contribution is 2.25. The van der Waals surface area contributed by atoms with Crippen LogP contribution in [0.15, 0.2) is 18.5 Å². The number of hydrogen-bond acceptors (Lipinski definition) is 4. The van der Waals surface area contributed by atoms with E-state index in [1.54, 1.807) is 12.3 Å². The van der Waals surface area contributed by atoms with Gasteiger partial charge in [0.25, 0.3) is 0 Å². The van der Waals surface area contributed by atoms with E-state index in [-0.39, 0.29) is 11.7 Å². The molecule has 4 rings (SSSR count). The number of aromatic nitrogens is 3. The van der Waals surface area contributed by atoms with Crippen molar-refractivity contribution in [1.29, 1.82) is 0 Å². The van der Waals surface area contributed by atoms with Gasteiger partial charge in [-0.15, -0.1) is 0 Å².